The van der Waals surface area contributed by atoms with Crippen LogP contribution in [0.1, 0.15) is 48.4 Å². The first-order valence-electron chi connectivity index (χ1n) is 11.3. The van der Waals surface area contributed by atoms with Gasteiger partial charge in [-0.25, -0.2) is 4.98 Å². The molecule has 1 saturated carbocycles. The van der Waals surface area contributed by atoms with E-state index in [9.17, 15) is 23.3 Å². The number of aromatic nitrogens is 1. The normalized spacial score (nSPS) is 18.3. The molecule has 1 aliphatic carbocycles. The Bertz CT molecular complexity index is 1210. The number of nitro groups is 1. The van der Waals surface area contributed by atoms with Gasteiger partial charge in [0.25, 0.3) is 5.69 Å². The molecule has 2 aromatic carbocycles. The molecule has 4 rings (SSSR count). The largest absolute Gasteiger partial charge is 0.488 e. The fourth-order valence-corrected chi connectivity index (χ4v) is 4.70. The van der Waals surface area contributed by atoms with Gasteiger partial charge in [0.1, 0.15) is 18.1 Å². The van der Waals surface area contributed by atoms with Gasteiger partial charge in [0, 0.05) is 16.7 Å². The van der Waals surface area contributed by atoms with Crippen molar-refractivity contribution in [2.24, 2.45) is 5.92 Å². The molecule has 0 unspecified atom stereocenters. The number of ether oxygens (including phenoxy) is 1. The summed E-state index contributed by atoms with van der Waals surface area (Å²) in [4.78, 5) is 15.0. The highest BCUT2D eigenvalue weighted by molar-refractivity contribution is 6.30. The highest BCUT2D eigenvalue weighted by Gasteiger charge is 2.41. The Morgan fingerprint density at radius 2 is 1.74 bits per heavy atom. The van der Waals surface area contributed by atoms with E-state index in [1.165, 1.54) is 6.07 Å². The molecule has 0 N–H and O–H groups in total. The maximum absolute atomic E-state index is 12.9. The van der Waals surface area contributed by atoms with Gasteiger partial charge in [0.2, 0.25) is 0 Å². The maximum Gasteiger partial charge on any atom is 0.391 e. The summed E-state index contributed by atoms with van der Waals surface area (Å²) < 4.78 is 44.8. The Labute approximate surface area is 206 Å². The first-order chi connectivity index (χ1) is 16.6. The summed E-state index contributed by atoms with van der Waals surface area (Å²) in [7, 11) is 0. The number of hydrogen-bond acceptors (Lipinski definition) is 4. The maximum atomic E-state index is 12.9. The summed E-state index contributed by atoms with van der Waals surface area (Å²) in [5, 5.41) is 11.6. The monoisotopic (exact) mass is 504 g/mol. The molecule has 0 amide bonds. The van der Waals surface area contributed by atoms with E-state index in [4.69, 9.17) is 16.3 Å². The van der Waals surface area contributed by atoms with Gasteiger partial charge in [-0.3, -0.25) is 10.1 Å². The van der Waals surface area contributed by atoms with E-state index in [1.54, 1.807) is 31.2 Å². The molecule has 0 atom stereocenters. The smallest absolute Gasteiger partial charge is 0.391 e. The molecule has 1 aliphatic rings. The number of halogens is 4. The minimum atomic E-state index is -4.10. The number of hydrogen-bond donors (Lipinski definition) is 0. The average Bonchev–Trinajstić information content (AvgIpc) is 2.83. The van der Waals surface area contributed by atoms with Crippen LogP contribution in [0.5, 0.6) is 5.75 Å². The van der Waals surface area contributed by atoms with Crippen LogP contribution in [0.4, 0.5) is 18.9 Å². The third kappa shape index (κ3) is 5.93. The second-order valence-electron chi connectivity index (χ2n) is 8.82. The lowest BCUT2D eigenvalue weighted by Crippen LogP contribution is -2.27. The lowest BCUT2D eigenvalue weighted by molar-refractivity contribution is -0.385. The van der Waals surface area contributed by atoms with Gasteiger partial charge < -0.3 is 4.74 Å². The van der Waals surface area contributed by atoms with Crippen LogP contribution in [0.25, 0.3) is 11.3 Å². The van der Waals surface area contributed by atoms with Crippen LogP contribution >= 0.6 is 11.6 Å². The molecule has 0 bridgehead atoms. The summed E-state index contributed by atoms with van der Waals surface area (Å²) in [5.41, 5.74) is 3.31. The van der Waals surface area contributed by atoms with Gasteiger partial charge in [-0.15, -0.1) is 0 Å². The Morgan fingerprint density at radius 1 is 1.06 bits per heavy atom. The first-order valence-corrected chi connectivity index (χ1v) is 11.7. The highest BCUT2D eigenvalue weighted by Crippen LogP contribution is 2.43. The first kappa shape index (κ1) is 25.0. The van der Waals surface area contributed by atoms with Crippen LogP contribution in [0.2, 0.25) is 5.02 Å². The van der Waals surface area contributed by atoms with Crippen LogP contribution in [0.3, 0.4) is 0 Å². The molecule has 3 aromatic rings. The van der Waals surface area contributed by atoms with Crippen molar-refractivity contribution in [2.75, 3.05) is 0 Å². The molecule has 0 spiro atoms. The van der Waals surface area contributed by atoms with Crippen molar-refractivity contribution >= 4 is 17.3 Å². The van der Waals surface area contributed by atoms with E-state index in [1.807, 2.05) is 24.3 Å². The van der Waals surface area contributed by atoms with Crippen molar-refractivity contribution in [1.82, 2.24) is 4.98 Å². The zero-order chi connectivity index (χ0) is 25.2. The molecule has 0 saturated heterocycles. The molecule has 1 fully saturated rings. The fraction of sp³-hybridized carbons (Fsp3) is 0.346. The molecule has 1 aromatic heterocycles. The third-order valence-electron chi connectivity index (χ3n) is 6.51. The van der Waals surface area contributed by atoms with E-state index in [2.05, 4.69) is 4.98 Å². The third-order valence-corrected chi connectivity index (χ3v) is 6.74. The molecule has 0 aliphatic heterocycles. The van der Waals surface area contributed by atoms with Gasteiger partial charge >= 0.3 is 6.18 Å². The summed E-state index contributed by atoms with van der Waals surface area (Å²) in [6, 6.07) is 15.9. The highest BCUT2D eigenvalue weighted by atomic mass is 35.5. The SMILES string of the molecule is Cc1nc(-c2cc(Cl)ccc2OCc2ccc(C3CCC(C(F)(F)F)CC3)cc2)ccc1[N+](=O)[O-]. The van der Waals surface area contributed by atoms with Crippen molar-refractivity contribution in [3.05, 3.63) is 86.6 Å². The Morgan fingerprint density at radius 3 is 2.34 bits per heavy atom. The predicted molar refractivity (Wildman–Crippen MR) is 128 cm³/mol. The van der Waals surface area contributed by atoms with E-state index in [0.717, 1.165) is 11.1 Å². The Kier molecular flexibility index (Phi) is 7.31. The summed E-state index contributed by atoms with van der Waals surface area (Å²) in [6.45, 7) is 1.84. The quantitative estimate of drug-likeness (QED) is 0.252. The summed E-state index contributed by atoms with van der Waals surface area (Å²) >= 11 is 6.18. The van der Waals surface area contributed by atoms with Crippen LogP contribution < -0.4 is 4.74 Å². The number of pyridine rings is 1. The molecular weight excluding hydrogens is 481 g/mol. The van der Waals surface area contributed by atoms with Crippen LogP contribution in [0.15, 0.2) is 54.6 Å². The van der Waals surface area contributed by atoms with E-state index < -0.39 is 17.0 Å². The predicted octanol–water partition coefficient (Wildman–Crippen LogP) is 8.03. The van der Waals surface area contributed by atoms with E-state index >= 15 is 0 Å². The van der Waals surface area contributed by atoms with Crippen molar-refractivity contribution in [2.45, 2.75) is 51.3 Å². The zero-order valence-electron chi connectivity index (χ0n) is 19.0. The van der Waals surface area contributed by atoms with Gasteiger partial charge in [-0.2, -0.15) is 13.2 Å². The van der Waals surface area contributed by atoms with Gasteiger partial charge in [0.05, 0.1) is 16.5 Å². The second-order valence-corrected chi connectivity index (χ2v) is 9.26. The number of aryl methyl sites for hydroxylation is 1. The van der Waals surface area contributed by atoms with Gasteiger partial charge in [0.15, 0.2) is 0 Å². The molecule has 9 heteroatoms. The zero-order valence-corrected chi connectivity index (χ0v) is 19.8. The van der Waals surface area contributed by atoms with Crippen molar-refractivity contribution < 1.29 is 22.8 Å². The van der Waals surface area contributed by atoms with Crippen LogP contribution in [0, 0.1) is 23.0 Å². The lowest BCUT2D eigenvalue weighted by Gasteiger charge is -2.30. The molecule has 184 valence electrons. The van der Waals surface area contributed by atoms with Gasteiger partial charge in [-0.05, 0) is 73.9 Å². The topological polar surface area (TPSA) is 65.3 Å². The minimum absolute atomic E-state index is 0.0646. The fourth-order valence-electron chi connectivity index (χ4n) is 4.53. The number of alkyl halides is 3. The standard InChI is InChI=1S/C26H24ClF3N2O3/c1-16-24(32(33)34)12-11-23(31-16)22-14-21(27)10-13-25(22)35-15-17-2-4-18(5-3-17)19-6-8-20(9-7-19)26(28,29)30/h2-5,10-14,19-20H,6-9,15H2,1H3. The number of benzene rings is 2. The van der Waals surface area contributed by atoms with Crippen molar-refractivity contribution in [1.29, 1.82) is 0 Å². The summed E-state index contributed by atoms with van der Waals surface area (Å²) in [5.74, 6) is -0.512. The lowest BCUT2D eigenvalue weighted by atomic mass is 9.78. The molecule has 0 radical (unpaired) electrons. The van der Waals surface area contributed by atoms with Gasteiger partial charge in [-0.1, -0.05) is 35.9 Å². The molecular formula is C26H24ClF3N2O3. The molecule has 35 heavy (non-hydrogen) atoms. The van der Waals surface area contributed by atoms with Crippen molar-refractivity contribution in [3.63, 3.8) is 0 Å². The van der Waals surface area contributed by atoms with Crippen LogP contribution in [-0.4, -0.2) is 16.1 Å². The molecule has 1 heterocycles. The van der Waals surface area contributed by atoms with E-state index in [0.29, 0.717) is 40.6 Å². The second kappa shape index (κ2) is 10.2. The number of nitrogens with zero attached hydrogens (tertiary/aromatic N) is 2. The Balaban J connectivity index is 1.44. The van der Waals surface area contributed by atoms with Crippen LogP contribution in [-0.2, 0) is 6.61 Å². The average molecular weight is 505 g/mol. The number of rotatable bonds is 6. The molecule has 5 nitrogen and oxygen atoms in total. The Hall–Kier alpha value is -3.13. The summed E-state index contributed by atoms with van der Waals surface area (Å²) in [6.07, 6.45) is -2.68. The van der Waals surface area contributed by atoms with Crippen molar-refractivity contribution in [3.8, 4) is 17.0 Å². The van der Waals surface area contributed by atoms with E-state index in [-0.39, 0.29) is 31.1 Å². The minimum Gasteiger partial charge on any atom is -0.488 e.